The monoisotopic (exact) mass is 272 g/mol. The van der Waals surface area contributed by atoms with Crippen LogP contribution in [0.25, 0.3) is 0 Å². The van der Waals surface area contributed by atoms with Gasteiger partial charge >= 0.3 is 11.9 Å². The zero-order valence-electron chi connectivity index (χ0n) is 11.3. The lowest BCUT2D eigenvalue weighted by Gasteiger charge is -2.32. The van der Waals surface area contributed by atoms with E-state index in [1.54, 1.807) is 6.92 Å². The molecule has 0 bridgehead atoms. The smallest absolute Gasteiger partial charge is 0.330 e. The van der Waals surface area contributed by atoms with Crippen LogP contribution in [-0.4, -0.2) is 45.6 Å². The van der Waals surface area contributed by atoms with E-state index in [2.05, 4.69) is 0 Å². The molecule has 0 saturated heterocycles. The van der Waals surface area contributed by atoms with Crippen molar-refractivity contribution in [2.75, 3.05) is 13.2 Å². The van der Waals surface area contributed by atoms with E-state index < -0.39 is 29.9 Å². The summed E-state index contributed by atoms with van der Waals surface area (Å²) < 4.78 is 0. The zero-order chi connectivity index (χ0) is 15.2. The molecule has 0 aliphatic heterocycles. The second kappa shape index (κ2) is 7.06. The highest BCUT2D eigenvalue weighted by Crippen LogP contribution is 2.33. The molecule has 6 heteroatoms. The van der Waals surface area contributed by atoms with Gasteiger partial charge in [-0.2, -0.15) is 0 Å². The van der Waals surface area contributed by atoms with Crippen molar-refractivity contribution in [3.8, 4) is 0 Å². The number of aliphatic carboxylic acids is 2. The molecule has 108 valence electrons. The summed E-state index contributed by atoms with van der Waals surface area (Å²) in [5.74, 6) is -2.85. The van der Waals surface area contributed by atoms with E-state index >= 15 is 0 Å². The number of hydrogen-bond acceptors (Lipinski definition) is 4. The van der Waals surface area contributed by atoms with Crippen molar-refractivity contribution >= 4 is 11.9 Å². The molecule has 19 heavy (non-hydrogen) atoms. The lowest BCUT2D eigenvalue weighted by atomic mass is 9.74. The minimum atomic E-state index is -1.22. The largest absolute Gasteiger partial charge is 0.478 e. The molecule has 0 spiro atoms. The molecule has 0 heterocycles. The Hall–Kier alpha value is -1.66. The average Bonchev–Trinajstić information content (AvgIpc) is 2.36. The van der Waals surface area contributed by atoms with Crippen molar-refractivity contribution in [2.45, 2.75) is 20.8 Å². The van der Waals surface area contributed by atoms with Crippen molar-refractivity contribution in [3.05, 3.63) is 23.3 Å². The topological polar surface area (TPSA) is 115 Å². The molecule has 0 aromatic carbocycles. The maximum atomic E-state index is 10.9. The molecule has 0 fully saturated rings. The van der Waals surface area contributed by atoms with Gasteiger partial charge < -0.3 is 20.4 Å². The Balaban J connectivity index is 5.85. The predicted molar refractivity (Wildman–Crippen MR) is 68.6 cm³/mol. The standard InChI is InChI=1S/C13H20O6/c1-8(11(16)17)4-13(7-15,10(3)6-14)5-9(2)12(18)19/h4-5,10,14-15H,6-7H2,1-3H3,(H,16,17)(H,18,19). The predicted octanol–water partition coefficient (Wildman–Crippen LogP) is 0.655. The van der Waals surface area contributed by atoms with Gasteiger partial charge in [-0.05, 0) is 19.8 Å². The van der Waals surface area contributed by atoms with Gasteiger partial charge in [0.15, 0.2) is 0 Å². The quantitative estimate of drug-likeness (QED) is 0.506. The Kier molecular flexibility index (Phi) is 6.44. The fourth-order valence-electron chi connectivity index (χ4n) is 1.67. The Labute approximate surface area is 111 Å². The van der Waals surface area contributed by atoms with Crippen molar-refractivity contribution in [1.82, 2.24) is 0 Å². The number of carbonyl (C=O) groups is 2. The van der Waals surface area contributed by atoms with Crippen LogP contribution in [0.5, 0.6) is 0 Å². The third kappa shape index (κ3) is 4.50. The molecule has 1 unspecified atom stereocenters. The summed E-state index contributed by atoms with van der Waals surface area (Å²) in [4.78, 5) is 21.7. The van der Waals surface area contributed by atoms with E-state index in [1.807, 2.05) is 0 Å². The van der Waals surface area contributed by atoms with Gasteiger partial charge in [-0.15, -0.1) is 0 Å². The number of carboxylic acid groups (broad SMARTS) is 2. The molecule has 0 aliphatic rings. The molecule has 0 amide bonds. The first-order chi connectivity index (χ1) is 8.70. The zero-order valence-corrected chi connectivity index (χ0v) is 11.3. The van der Waals surface area contributed by atoms with Crippen LogP contribution in [0.15, 0.2) is 23.3 Å². The van der Waals surface area contributed by atoms with E-state index in [0.29, 0.717) is 0 Å². The number of hydrogen-bond donors (Lipinski definition) is 4. The van der Waals surface area contributed by atoms with E-state index in [-0.39, 0.29) is 17.8 Å². The highest BCUT2D eigenvalue weighted by Gasteiger charge is 2.33. The lowest BCUT2D eigenvalue weighted by molar-refractivity contribution is -0.133. The molecule has 6 nitrogen and oxygen atoms in total. The third-order valence-electron chi connectivity index (χ3n) is 3.11. The van der Waals surface area contributed by atoms with Crippen LogP contribution in [0.3, 0.4) is 0 Å². The first-order valence-corrected chi connectivity index (χ1v) is 5.77. The number of aliphatic hydroxyl groups is 2. The molecule has 0 saturated carbocycles. The molecule has 0 aromatic rings. The Bertz CT molecular complexity index is 377. The Morgan fingerprint density at radius 2 is 1.42 bits per heavy atom. The Morgan fingerprint density at radius 3 is 1.63 bits per heavy atom. The van der Waals surface area contributed by atoms with Crippen LogP contribution >= 0.6 is 0 Å². The van der Waals surface area contributed by atoms with E-state index in [9.17, 15) is 19.8 Å². The fourth-order valence-corrected chi connectivity index (χ4v) is 1.67. The second-order valence-corrected chi connectivity index (χ2v) is 4.62. The van der Waals surface area contributed by atoms with Crippen molar-refractivity contribution in [2.24, 2.45) is 11.3 Å². The van der Waals surface area contributed by atoms with Crippen LogP contribution < -0.4 is 0 Å². The SMILES string of the molecule is CC(=CC(C=C(C)C(=O)O)(CO)C(C)CO)C(=O)O. The molecular formula is C13H20O6. The summed E-state index contributed by atoms with van der Waals surface area (Å²) in [5, 5.41) is 36.6. The van der Waals surface area contributed by atoms with Gasteiger partial charge in [0.25, 0.3) is 0 Å². The van der Waals surface area contributed by atoms with Crippen LogP contribution in [0, 0.1) is 11.3 Å². The van der Waals surface area contributed by atoms with Gasteiger partial charge in [0.2, 0.25) is 0 Å². The average molecular weight is 272 g/mol. The maximum absolute atomic E-state index is 10.9. The minimum absolute atomic E-state index is 0.0243. The van der Waals surface area contributed by atoms with Gasteiger partial charge in [0, 0.05) is 23.2 Å². The van der Waals surface area contributed by atoms with Crippen molar-refractivity contribution < 1.29 is 30.0 Å². The summed E-state index contributed by atoms with van der Waals surface area (Å²) in [6.07, 6.45) is 2.56. The molecule has 0 aromatic heterocycles. The van der Waals surface area contributed by atoms with Gasteiger partial charge in [-0.25, -0.2) is 9.59 Å². The van der Waals surface area contributed by atoms with Gasteiger partial charge in [0.05, 0.1) is 6.61 Å². The highest BCUT2D eigenvalue weighted by atomic mass is 16.4. The van der Waals surface area contributed by atoms with E-state index in [4.69, 9.17) is 10.2 Å². The maximum Gasteiger partial charge on any atom is 0.330 e. The molecule has 0 rings (SSSR count). The van der Waals surface area contributed by atoms with E-state index in [1.165, 1.54) is 26.0 Å². The molecule has 1 atom stereocenters. The number of aliphatic hydroxyl groups excluding tert-OH is 2. The summed E-state index contributed by atoms with van der Waals surface area (Å²) in [5.41, 5.74) is -1.27. The lowest BCUT2D eigenvalue weighted by Crippen LogP contribution is -2.33. The normalized spacial score (nSPS) is 17.7. The van der Waals surface area contributed by atoms with Gasteiger partial charge in [0.1, 0.15) is 0 Å². The summed E-state index contributed by atoms with van der Waals surface area (Å²) in [7, 11) is 0. The summed E-state index contributed by atoms with van der Waals surface area (Å²) >= 11 is 0. The Morgan fingerprint density at radius 1 is 1.05 bits per heavy atom. The highest BCUT2D eigenvalue weighted by molar-refractivity contribution is 5.87. The third-order valence-corrected chi connectivity index (χ3v) is 3.11. The first kappa shape index (κ1) is 17.3. The van der Waals surface area contributed by atoms with Crippen LogP contribution in [0.2, 0.25) is 0 Å². The molecule has 4 N–H and O–H groups in total. The van der Waals surface area contributed by atoms with Gasteiger partial charge in [-0.1, -0.05) is 19.1 Å². The molecule has 0 aliphatic carbocycles. The van der Waals surface area contributed by atoms with Crippen LogP contribution in [0.4, 0.5) is 0 Å². The number of carboxylic acids is 2. The van der Waals surface area contributed by atoms with Crippen molar-refractivity contribution in [3.63, 3.8) is 0 Å². The van der Waals surface area contributed by atoms with Crippen LogP contribution in [0.1, 0.15) is 20.8 Å². The molecule has 0 radical (unpaired) electrons. The van der Waals surface area contributed by atoms with Crippen molar-refractivity contribution in [1.29, 1.82) is 0 Å². The van der Waals surface area contributed by atoms with Crippen LogP contribution in [-0.2, 0) is 9.59 Å². The first-order valence-electron chi connectivity index (χ1n) is 5.77. The summed E-state index contributed by atoms with van der Waals surface area (Å²) in [6, 6.07) is 0. The summed E-state index contributed by atoms with van der Waals surface area (Å²) in [6.45, 7) is 3.49. The second-order valence-electron chi connectivity index (χ2n) is 4.62. The minimum Gasteiger partial charge on any atom is -0.478 e. The molecular weight excluding hydrogens is 252 g/mol. The fraction of sp³-hybridized carbons (Fsp3) is 0.538. The number of rotatable bonds is 7. The van der Waals surface area contributed by atoms with E-state index in [0.717, 1.165) is 0 Å². The van der Waals surface area contributed by atoms with Gasteiger partial charge in [-0.3, -0.25) is 0 Å².